The molecule has 2 aromatic rings. The lowest BCUT2D eigenvalue weighted by atomic mass is 10.1. The minimum absolute atomic E-state index is 0.517. The molecule has 0 aliphatic carbocycles. The summed E-state index contributed by atoms with van der Waals surface area (Å²) in [5.74, 6) is 0. The van der Waals surface area contributed by atoms with Gasteiger partial charge in [-0.2, -0.15) is 18.4 Å². The molecule has 1 aromatic heterocycles. The molecule has 28 heavy (non-hydrogen) atoms. The smallest absolute Gasteiger partial charge is 0.369 e. The van der Waals surface area contributed by atoms with Crippen LogP contribution in [-0.2, 0) is 12.8 Å². The number of piperazine rings is 1. The summed E-state index contributed by atoms with van der Waals surface area (Å²) in [5, 5.41) is 9.33. The van der Waals surface area contributed by atoms with Crippen molar-refractivity contribution in [3.05, 3.63) is 57.4 Å². The first-order valence-electron chi connectivity index (χ1n) is 8.96. The van der Waals surface area contributed by atoms with Gasteiger partial charge in [-0.05, 0) is 43.7 Å². The fourth-order valence-corrected chi connectivity index (χ4v) is 3.87. The van der Waals surface area contributed by atoms with Crippen molar-refractivity contribution in [3.8, 4) is 6.07 Å². The molecule has 0 atom stereocenters. The van der Waals surface area contributed by atoms with E-state index in [2.05, 4.69) is 11.0 Å². The molecule has 0 spiro atoms. The molecule has 4 nitrogen and oxygen atoms in total. The number of rotatable bonds is 3. The van der Waals surface area contributed by atoms with Crippen LogP contribution in [0.4, 0.5) is 18.9 Å². The molecule has 1 aromatic carbocycles. The van der Waals surface area contributed by atoms with Crippen molar-refractivity contribution in [2.75, 3.05) is 31.1 Å². The molecular weight excluding hydrogens is 385 g/mol. The molecule has 2 heterocycles. The number of halogens is 3. The van der Waals surface area contributed by atoms with Gasteiger partial charge in [-0.15, -0.1) is 0 Å². The summed E-state index contributed by atoms with van der Waals surface area (Å²) in [5.41, 5.74) is 2.34. The van der Waals surface area contributed by atoms with Gasteiger partial charge in [-0.25, -0.2) is 0 Å². The van der Waals surface area contributed by atoms with Gasteiger partial charge in [-0.1, -0.05) is 18.3 Å². The molecule has 8 heteroatoms. The highest BCUT2D eigenvalue weighted by Crippen LogP contribution is 2.31. The van der Waals surface area contributed by atoms with Crippen LogP contribution in [0.3, 0.4) is 0 Å². The van der Waals surface area contributed by atoms with Crippen molar-refractivity contribution >= 4 is 17.9 Å². The van der Waals surface area contributed by atoms with E-state index in [9.17, 15) is 18.4 Å². The first-order chi connectivity index (χ1) is 13.2. The maximum Gasteiger partial charge on any atom is 0.416 e. The molecule has 1 saturated heterocycles. The highest BCUT2D eigenvalue weighted by Gasteiger charge is 2.31. The molecule has 0 saturated carbocycles. The molecule has 1 fully saturated rings. The number of aromatic nitrogens is 1. The van der Waals surface area contributed by atoms with Gasteiger partial charge in [0.1, 0.15) is 10.7 Å². The van der Waals surface area contributed by atoms with Crippen LogP contribution in [0.2, 0.25) is 0 Å². The summed E-state index contributed by atoms with van der Waals surface area (Å²) >= 11 is 5.48. The van der Waals surface area contributed by atoms with Crippen molar-refractivity contribution in [2.45, 2.75) is 26.7 Å². The van der Waals surface area contributed by atoms with Crippen molar-refractivity contribution in [1.82, 2.24) is 9.47 Å². The van der Waals surface area contributed by atoms with Crippen LogP contribution in [0.15, 0.2) is 30.3 Å². The zero-order valence-corrected chi connectivity index (χ0v) is 16.6. The molecule has 3 rings (SSSR count). The number of anilines is 1. The number of aryl methyl sites for hydroxylation is 2. The highest BCUT2D eigenvalue weighted by atomic mass is 32.1. The van der Waals surface area contributed by atoms with E-state index in [-0.39, 0.29) is 0 Å². The molecular formula is C20H21F3N4S. The lowest BCUT2D eigenvalue weighted by molar-refractivity contribution is -0.137. The third-order valence-corrected chi connectivity index (χ3v) is 5.49. The summed E-state index contributed by atoms with van der Waals surface area (Å²) in [6.07, 6.45) is -4.34. The molecule has 0 bridgehead atoms. The van der Waals surface area contributed by atoms with Gasteiger partial charge in [0.2, 0.25) is 0 Å². The normalized spacial score (nSPS) is 15.5. The van der Waals surface area contributed by atoms with Crippen molar-refractivity contribution in [2.24, 2.45) is 0 Å². The van der Waals surface area contributed by atoms with E-state index in [0.29, 0.717) is 48.7 Å². The van der Waals surface area contributed by atoms with Gasteiger partial charge in [-0.3, -0.25) is 4.90 Å². The Balaban J connectivity index is 1.71. The molecule has 0 radical (unpaired) electrons. The Morgan fingerprint density at radius 3 is 2.39 bits per heavy atom. The van der Waals surface area contributed by atoms with Gasteiger partial charge in [0.05, 0.1) is 17.8 Å². The number of alkyl halides is 3. The molecule has 0 unspecified atom stereocenters. The van der Waals surface area contributed by atoms with Crippen LogP contribution >= 0.6 is 12.2 Å². The summed E-state index contributed by atoms with van der Waals surface area (Å²) in [4.78, 5) is 4.16. The van der Waals surface area contributed by atoms with E-state index in [1.165, 1.54) is 12.1 Å². The number of hydrogen-bond acceptors (Lipinski definition) is 4. The Morgan fingerprint density at radius 1 is 1.11 bits per heavy atom. The Labute approximate surface area is 167 Å². The Hall–Kier alpha value is -2.37. The van der Waals surface area contributed by atoms with Gasteiger partial charge in [0.15, 0.2) is 0 Å². The second kappa shape index (κ2) is 7.94. The number of pyridine rings is 1. The monoisotopic (exact) mass is 406 g/mol. The zero-order chi connectivity index (χ0) is 20.5. The SMILES string of the molecule is Cc1cc(C)n(CN2CCN(c3cccc(C(F)(F)F)c3)CC2)c(=S)c1C#N. The Bertz CT molecular complexity index is 967. The summed E-state index contributed by atoms with van der Waals surface area (Å²) in [6, 6.07) is 9.58. The Morgan fingerprint density at radius 2 is 1.79 bits per heavy atom. The number of hydrogen-bond donors (Lipinski definition) is 0. The first-order valence-corrected chi connectivity index (χ1v) is 9.37. The van der Waals surface area contributed by atoms with Crippen LogP contribution in [0.1, 0.15) is 22.4 Å². The standard InChI is InChI=1S/C20H21F3N4S/c1-14-10-15(2)27(19(28)18(14)12-24)13-25-6-8-26(9-7-25)17-5-3-4-16(11-17)20(21,22)23/h3-5,10-11H,6-9,13H2,1-2H3. The van der Waals surface area contributed by atoms with Gasteiger partial charge in [0, 0.05) is 37.6 Å². The van der Waals surface area contributed by atoms with Crippen LogP contribution in [0, 0.1) is 29.8 Å². The predicted molar refractivity (Wildman–Crippen MR) is 105 cm³/mol. The van der Waals surface area contributed by atoms with Gasteiger partial charge < -0.3 is 9.47 Å². The lowest BCUT2D eigenvalue weighted by Crippen LogP contribution is -2.47. The second-order valence-electron chi connectivity index (χ2n) is 6.98. The quantitative estimate of drug-likeness (QED) is 0.703. The average Bonchev–Trinajstić information content (AvgIpc) is 2.65. The largest absolute Gasteiger partial charge is 0.416 e. The van der Waals surface area contributed by atoms with E-state index < -0.39 is 11.7 Å². The van der Waals surface area contributed by atoms with Gasteiger partial charge in [0.25, 0.3) is 0 Å². The minimum atomic E-state index is -4.34. The molecule has 1 aliphatic rings. The van der Waals surface area contributed by atoms with E-state index in [1.807, 2.05) is 29.4 Å². The van der Waals surface area contributed by atoms with E-state index in [1.54, 1.807) is 6.07 Å². The summed E-state index contributed by atoms with van der Waals surface area (Å²) < 4.78 is 41.3. The fraction of sp³-hybridized carbons (Fsp3) is 0.400. The van der Waals surface area contributed by atoms with Crippen LogP contribution in [0.25, 0.3) is 0 Å². The van der Waals surface area contributed by atoms with Crippen molar-refractivity contribution < 1.29 is 13.2 Å². The Kier molecular flexibility index (Phi) is 5.77. The molecule has 148 valence electrons. The van der Waals surface area contributed by atoms with E-state index in [0.717, 1.165) is 17.3 Å². The minimum Gasteiger partial charge on any atom is -0.369 e. The maximum atomic E-state index is 12.9. The first kappa shape index (κ1) is 20.4. The number of nitriles is 1. The zero-order valence-electron chi connectivity index (χ0n) is 15.8. The lowest BCUT2D eigenvalue weighted by Gasteiger charge is -2.37. The number of benzene rings is 1. The predicted octanol–water partition coefficient (Wildman–Crippen LogP) is 4.50. The third-order valence-electron chi connectivity index (χ3n) is 5.07. The molecule has 0 N–H and O–H groups in total. The topological polar surface area (TPSA) is 35.2 Å². The average molecular weight is 406 g/mol. The summed E-state index contributed by atoms with van der Waals surface area (Å²) in [7, 11) is 0. The van der Waals surface area contributed by atoms with E-state index >= 15 is 0 Å². The second-order valence-corrected chi connectivity index (χ2v) is 7.37. The summed E-state index contributed by atoms with van der Waals surface area (Å²) in [6.45, 7) is 7.06. The number of nitrogens with zero attached hydrogens (tertiary/aromatic N) is 4. The fourth-order valence-electron chi connectivity index (χ4n) is 3.47. The molecule has 0 amide bonds. The van der Waals surface area contributed by atoms with Crippen LogP contribution < -0.4 is 4.90 Å². The highest BCUT2D eigenvalue weighted by molar-refractivity contribution is 7.71. The molecule has 1 aliphatic heterocycles. The third kappa shape index (κ3) is 4.21. The van der Waals surface area contributed by atoms with Crippen LogP contribution in [-0.4, -0.2) is 35.6 Å². The van der Waals surface area contributed by atoms with Crippen molar-refractivity contribution in [3.63, 3.8) is 0 Å². The maximum absolute atomic E-state index is 12.9. The van der Waals surface area contributed by atoms with Crippen molar-refractivity contribution in [1.29, 1.82) is 5.26 Å². The van der Waals surface area contributed by atoms with E-state index in [4.69, 9.17) is 12.2 Å². The van der Waals surface area contributed by atoms with Crippen LogP contribution in [0.5, 0.6) is 0 Å². The van der Waals surface area contributed by atoms with Gasteiger partial charge >= 0.3 is 6.18 Å².